The molecule has 2 N–H and O–H groups in total. The minimum absolute atomic E-state index is 0.130. The average Bonchev–Trinajstić information content (AvgIpc) is 3.45. The van der Waals surface area contributed by atoms with Gasteiger partial charge in [0.2, 0.25) is 5.91 Å². The number of hydrogen-bond donors (Lipinski definition) is 2. The molecule has 192 valence electrons. The summed E-state index contributed by atoms with van der Waals surface area (Å²) in [4.78, 5) is 57.3. The number of likely N-dealkylation sites (tertiary alicyclic amines) is 1. The molecule has 5 amide bonds. The van der Waals surface area contributed by atoms with Gasteiger partial charge in [0.1, 0.15) is 11.6 Å². The highest BCUT2D eigenvalue weighted by atomic mass is 16.2. The highest BCUT2D eigenvalue weighted by Gasteiger charge is 2.58. The van der Waals surface area contributed by atoms with Crippen molar-refractivity contribution in [3.8, 4) is 0 Å². The van der Waals surface area contributed by atoms with E-state index in [1.165, 1.54) is 7.05 Å². The summed E-state index contributed by atoms with van der Waals surface area (Å²) in [7, 11) is 1.49. The molecule has 37 heavy (non-hydrogen) atoms. The van der Waals surface area contributed by atoms with E-state index in [-0.39, 0.29) is 29.7 Å². The fourth-order valence-electron chi connectivity index (χ4n) is 5.31. The molecule has 3 heterocycles. The minimum atomic E-state index is -1.07. The van der Waals surface area contributed by atoms with Gasteiger partial charge in [0.05, 0.1) is 11.7 Å². The zero-order valence-corrected chi connectivity index (χ0v) is 21.1. The van der Waals surface area contributed by atoms with Crippen molar-refractivity contribution < 1.29 is 19.2 Å². The highest BCUT2D eigenvalue weighted by Crippen LogP contribution is 2.41. The van der Waals surface area contributed by atoms with Crippen molar-refractivity contribution >= 4 is 40.3 Å². The average molecular weight is 503 g/mol. The van der Waals surface area contributed by atoms with E-state index in [2.05, 4.69) is 15.5 Å². The maximum Gasteiger partial charge on any atom is 0.331 e. The van der Waals surface area contributed by atoms with Gasteiger partial charge in [-0.2, -0.15) is 5.10 Å². The number of aromatic nitrogens is 2. The number of nitrogens with zero attached hydrogens (tertiary/aromatic N) is 4. The van der Waals surface area contributed by atoms with Crippen LogP contribution in [0, 0.1) is 5.92 Å². The summed E-state index contributed by atoms with van der Waals surface area (Å²) >= 11 is 0. The Kier molecular flexibility index (Phi) is 6.18. The van der Waals surface area contributed by atoms with Crippen LogP contribution in [0.2, 0.25) is 0 Å². The number of carbonyl (C=O) groups is 4. The van der Waals surface area contributed by atoms with Crippen LogP contribution in [-0.4, -0.2) is 75.5 Å². The first kappa shape index (κ1) is 24.5. The number of likely N-dealkylation sites (N-methyl/N-ethyl adjacent to an activating group) is 1. The Morgan fingerprint density at radius 3 is 2.43 bits per heavy atom. The van der Waals surface area contributed by atoms with E-state index in [1.54, 1.807) is 46.3 Å². The highest BCUT2D eigenvalue weighted by molar-refractivity contribution is 6.17. The first-order valence-corrected chi connectivity index (χ1v) is 12.4. The number of piperidine rings is 1. The second-order valence-corrected chi connectivity index (χ2v) is 10.0. The van der Waals surface area contributed by atoms with Crippen LogP contribution in [-0.2, 0) is 9.59 Å². The molecule has 1 unspecified atom stereocenters. The Hall–Kier alpha value is -4.21. The molecular formula is C27H30N6O4. The summed E-state index contributed by atoms with van der Waals surface area (Å²) in [5.74, 6) is -0.893. The second kappa shape index (κ2) is 9.34. The maximum atomic E-state index is 13.5. The fraction of sp³-hybridized carbons (Fsp3) is 0.370. The standard InChI is InChI=1S/C27H30N6O4/c1-17(2)22(29-23(34)18-7-5-4-6-8-18)24(35)32-13-11-27(12-14-32)25(36)31(3)26(37)33(27)20-9-10-21-19(15-20)16-28-30-21/h4-10,15-17,22H,11-14H2,1-3H3,(H,28,30)(H,29,34). The molecule has 0 saturated carbocycles. The zero-order valence-electron chi connectivity index (χ0n) is 21.1. The topological polar surface area (TPSA) is 119 Å². The molecule has 2 aliphatic heterocycles. The number of benzene rings is 2. The summed E-state index contributed by atoms with van der Waals surface area (Å²) in [5.41, 5.74) is 0.871. The van der Waals surface area contributed by atoms with E-state index < -0.39 is 11.6 Å². The van der Waals surface area contributed by atoms with Crippen molar-refractivity contribution in [3.05, 3.63) is 60.3 Å². The van der Waals surface area contributed by atoms with E-state index in [9.17, 15) is 19.2 Å². The summed E-state index contributed by atoms with van der Waals surface area (Å²) in [6.07, 6.45) is 2.28. The Labute approximate surface area is 214 Å². The molecule has 2 aliphatic rings. The van der Waals surface area contributed by atoms with Crippen LogP contribution in [0.5, 0.6) is 0 Å². The van der Waals surface area contributed by atoms with E-state index in [1.807, 2.05) is 32.0 Å². The van der Waals surface area contributed by atoms with E-state index in [4.69, 9.17) is 0 Å². The van der Waals surface area contributed by atoms with Crippen LogP contribution in [0.15, 0.2) is 54.7 Å². The van der Waals surface area contributed by atoms with Crippen LogP contribution in [0.25, 0.3) is 10.9 Å². The zero-order chi connectivity index (χ0) is 26.3. The Balaban J connectivity index is 1.36. The number of anilines is 1. The molecule has 10 nitrogen and oxygen atoms in total. The third-order valence-electron chi connectivity index (χ3n) is 7.45. The quantitative estimate of drug-likeness (QED) is 0.520. The van der Waals surface area contributed by atoms with Crippen LogP contribution in [0.4, 0.5) is 10.5 Å². The molecule has 2 saturated heterocycles. The van der Waals surface area contributed by atoms with E-state index in [0.717, 1.165) is 15.8 Å². The van der Waals surface area contributed by atoms with Gasteiger partial charge in [-0.25, -0.2) is 4.79 Å². The number of H-pyrrole nitrogens is 1. The Morgan fingerprint density at radius 2 is 1.76 bits per heavy atom. The van der Waals surface area contributed by atoms with E-state index >= 15 is 0 Å². The first-order valence-electron chi connectivity index (χ1n) is 12.4. The van der Waals surface area contributed by atoms with Crippen molar-refractivity contribution in [2.45, 2.75) is 38.3 Å². The largest absolute Gasteiger partial charge is 0.341 e. The van der Waals surface area contributed by atoms with Gasteiger partial charge < -0.3 is 10.2 Å². The van der Waals surface area contributed by atoms with Gasteiger partial charge in [-0.1, -0.05) is 32.0 Å². The van der Waals surface area contributed by atoms with Gasteiger partial charge in [-0.15, -0.1) is 0 Å². The monoisotopic (exact) mass is 502 g/mol. The molecule has 1 aromatic heterocycles. The lowest BCUT2D eigenvalue weighted by atomic mass is 9.85. The predicted molar refractivity (Wildman–Crippen MR) is 138 cm³/mol. The molecule has 1 atom stereocenters. The van der Waals surface area contributed by atoms with Crippen LogP contribution in [0.3, 0.4) is 0 Å². The van der Waals surface area contributed by atoms with Gasteiger partial charge in [-0.3, -0.25) is 29.3 Å². The van der Waals surface area contributed by atoms with Crippen molar-refractivity contribution in [2.75, 3.05) is 25.0 Å². The SMILES string of the molecule is CC(C)C(NC(=O)c1ccccc1)C(=O)N1CCC2(CC1)C(=O)N(C)C(=O)N2c1ccc2[nH]ncc2c1. The fourth-order valence-corrected chi connectivity index (χ4v) is 5.31. The lowest BCUT2D eigenvalue weighted by Crippen LogP contribution is -2.60. The summed E-state index contributed by atoms with van der Waals surface area (Å²) in [6, 6.07) is 13.2. The van der Waals surface area contributed by atoms with Gasteiger partial charge in [-0.05, 0) is 49.1 Å². The smallest absolute Gasteiger partial charge is 0.331 e. The number of fused-ring (bicyclic) bond motifs is 1. The van der Waals surface area contributed by atoms with Crippen molar-refractivity contribution in [1.29, 1.82) is 0 Å². The number of carbonyl (C=O) groups excluding carboxylic acids is 4. The molecule has 3 aromatic rings. The third-order valence-corrected chi connectivity index (χ3v) is 7.45. The molecule has 2 fully saturated rings. The predicted octanol–water partition coefficient (Wildman–Crippen LogP) is 2.78. The third kappa shape index (κ3) is 4.12. The van der Waals surface area contributed by atoms with Crippen molar-refractivity contribution in [3.63, 3.8) is 0 Å². The molecule has 10 heteroatoms. The molecule has 5 rings (SSSR count). The first-order chi connectivity index (χ1) is 17.7. The van der Waals surface area contributed by atoms with Crippen LogP contribution in [0.1, 0.15) is 37.0 Å². The number of imide groups is 1. The second-order valence-electron chi connectivity index (χ2n) is 10.0. The Morgan fingerprint density at radius 1 is 1.05 bits per heavy atom. The van der Waals surface area contributed by atoms with Crippen molar-refractivity contribution in [2.24, 2.45) is 5.92 Å². The molecule has 1 spiro atoms. The normalized spacial score (nSPS) is 18.2. The summed E-state index contributed by atoms with van der Waals surface area (Å²) in [6.45, 7) is 4.36. The number of amides is 5. The Bertz CT molecular complexity index is 1360. The molecule has 0 aliphatic carbocycles. The van der Waals surface area contributed by atoms with Crippen molar-refractivity contribution in [1.82, 2.24) is 25.3 Å². The minimum Gasteiger partial charge on any atom is -0.341 e. The number of nitrogens with one attached hydrogen (secondary N) is 2. The number of aromatic amines is 1. The van der Waals surface area contributed by atoms with Crippen LogP contribution >= 0.6 is 0 Å². The van der Waals surface area contributed by atoms with Gasteiger partial charge in [0, 0.05) is 36.8 Å². The number of rotatable bonds is 5. The van der Waals surface area contributed by atoms with Gasteiger partial charge in [0.25, 0.3) is 11.8 Å². The van der Waals surface area contributed by atoms with Gasteiger partial charge >= 0.3 is 6.03 Å². The van der Waals surface area contributed by atoms with Crippen LogP contribution < -0.4 is 10.2 Å². The lowest BCUT2D eigenvalue weighted by molar-refractivity contribution is -0.139. The lowest BCUT2D eigenvalue weighted by Gasteiger charge is -2.43. The maximum absolute atomic E-state index is 13.5. The molecule has 0 bridgehead atoms. The van der Waals surface area contributed by atoms with Gasteiger partial charge in [0.15, 0.2) is 0 Å². The number of hydrogen-bond acceptors (Lipinski definition) is 5. The van der Waals surface area contributed by atoms with E-state index in [0.29, 0.717) is 37.2 Å². The molecule has 2 aromatic carbocycles. The number of urea groups is 1. The summed E-state index contributed by atoms with van der Waals surface area (Å²) < 4.78 is 0. The summed E-state index contributed by atoms with van der Waals surface area (Å²) in [5, 5.41) is 10.7. The molecule has 0 radical (unpaired) electrons. The molecular weight excluding hydrogens is 472 g/mol.